The second-order valence-corrected chi connectivity index (χ2v) is 8.73. The van der Waals surface area contributed by atoms with Gasteiger partial charge in [-0.1, -0.05) is 6.92 Å². The van der Waals surface area contributed by atoms with E-state index >= 15 is 0 Å². The molecule has 28 heavy (non-hydrogen) atoms. The molecule has 0 saturated heterocycles. The number of carbonyl (C=O) groups excluding carboxylic acids is 1. The van der Waals surface area contributed by atoms with Gasteiger partial charge in [0.2, 0.25) is 0 Å². The summed E-state index contributed by atoms with van der Waals surface area (Å²) in [7, 11) is -3.99. The van der Waals surface area contributed by atoms with Gasteiger partial charge in [-0.3, -0.25) is 14.6 Å². The summed E-state index contributed by atoms with van der Waals surface area (Å²) in [5.74, 6) is 0.880. The molecule has 9 heteroatoms. The summed E-state index contributed by atoms with van der Waals surface area (Å²) in [4.78, 5) is 12.6. The number of nitrogens with one attached hydrogen (secondary N) is 3. The first-order valence-corrected chi connectivity index (χ1v) is 11.0. The van der Waals surface area contributed by atoms with Crippen molar-refractivity contribution in [3.63, 3.8) is 0 Å². The maximum absolute atomic E-state index is 12.7. The quantitative estimate of drug-likeness (QED) is 0.654. The number of amides is 1. The van der Waals surface area contributed by atoms with E-state index in [1.807, 2.05) is 6.92 Å². The lowest BCUT2D eigenvalue weighted by atomic mass is 9.87. The molecule has 1 aliphatic rings. The van der Waals surface area contributed by atoms with Crippen molar-refractivity contribution in [3.8, 4) is 5.75 Å². The lowest BCUT2D eigenvalue weighted by Gasteiger charge is -2.26. The third kappa shape index (κ3) is 4.83. The molecule has 3 N–H and O–H groups in total. The van der Waals surface area contributed by atoms with Gasteiger partial charge >= 0.3 is 0 Å². The van der Waals surface area contributed by atoms with Gasteiger partial charge in [-0.2, -0.15) is 13.5 Å². The lowest BCUT2D eigenvalue weighted by Crippen LogP contribution is -2.37. The molecule has 1 aromatic heterocycles. The number of H-pyrrole nitrogens is 1. The largest absolute Gasteiger partial charge is 0.494 e. The van der Waals surface area contributed by atoms with Gasteiger partial charge in [0, 0.05) is 11.7 Å². The van der Waals surface area contributed by atoms with E-state index in [0.717, 1.165) is 25.7 Å². The Kier molecular flexibility index (Phi) is 6.23. The molecule has 0 atom stereocenters. The molecule has 0 bridgehead atoms. The predicted octanol–water partition coefficient (Wildman–Crippen LogP) is 2.92. The zero-order chi connectivity index (χ0) is 20.1. The fourth-order valence-corrected chi connectivity index (χ4v) is 4.46. The smallest absolute Gasteiger partial charge is 0.279 e. The van der Waals surface area contributed by atoms with Gasteiger partial charge < -0.3 is 10.1 Å². The minimum atomic E-state index is -3.99. The highest BCUT2D eigenvalue weighted by molar-refractivity contribution is 7.92. The van der Waals surface area contributed by atoms with Crippen LogP contribution in [0.15, 0.2) is 35.5 Å². The summed E-state index contributed by atoms with van der Waals surface area (Å²) in [6.07, 6.45) is 5.16. The Hall–Kier alpha value is -2.55. The molecule has 0 aliphatic heterocycles. The molecule has 3 rings (SSSR count). The van der Waals surface area contributed by atoms with Crippen LogP contribution in [0.4, 0.5) is 5.69 Å². The van der Waals surface area contributed by atoms with Crippen LogP contribution in [0.25, 0.3) is 0 Å². The summed E-state index contributed by atoms with van der Waals surface area (Å²) >= 11 is 0. The zero-order valence-electron chi connectivity index (χ0n) is 16.1. The van der Waals surface area contributed by atoms with Crippen molar-refractivity contribution < 1.29 is 17.9 Å². The van der Waals surface area contributed by atoms with Crippen molar-refractivity contribution in [2.75, 3.05) is 11.3 Å². The first kappa shape index (κ1) is 20.2. The fraction of sp³-hybridized carbons (Fsp3) is 0.474. The Balaban J connectivity index is 1.71. The lowest BCUT2D eigenvalue weighted by molar-refractivity contribution is 0.0919. The Morgan fingerprint density at radius 2 is 1.89 bits per heavy atom. The number of ether oxygens (including phenoxy) is 1. The molecule has 1 aromatic carbocycles. The number of hydrogen-bond acceptors (Lipinski definition) is 5. The van der Waals surface area contributed by atoms with Crippen LogP contribution >= 0.6 is 0 Å². The molecule has 0 spiro atoms. The summed E-state index contributed by atoms with van der Waals surface area (Å²) in [6, 6.07) is 6.61. The minimum absolute atomic E-state index is 0.0112. The maximum Gasteiger partial charge on any atom is 0.279 e. The van der Waals surface area contributed by atoms with Gasteiger partial charge in [-0.05, 0) is 62.8 Å². The number of aromatic amines is 1. The van der Waals surface area contributed by atoms with Gasteiger partial charge in [-0.15, -0.1) is 0 Å². The van der Waals surface area contributed by atoms with Crippen LogP contribution < -0.4 is 14.8 Å². The highest BCUT2D eigenvalue weighted by Crippen LogP contribution is 2.24. The number of anilines is 1. The standard InChI is InChI=1S/C19H26N4O4S/c1-3-27-16-10-8-15(9-11-16)23-28(25,26)19-17(12-20-22-19)18(24)21-14-6-4-13(2)5-7-14/h8-14,23H,3-7H2,1-2H3,(H,20,22)(H,21,24). The first-order valence-electron chi connectivity index (χ1n) is 9.49. The van der Waals surface area contributed by atoms with Crippen LogP contribution in [0.5, 0.6) is 5.75 Å². The van der Waals surface area contributed by atoms with E-state index in [9.17, 15) is 13.2 Å². The van der Waals surface area contributed by atoms with Crippen LogP contribution in [-0.4, -0.2) is 37.2 Å². The van der Waals surface area contributed by atoms with Crippen molar-refractivity contribution in [3.05, 3.63) is 36.0 Å². The summed E-state index contributed by atoms with van der Waals surface area (Å²) in [5, 5.41) is 8.89. The van der Waals surface area contributed by atoms with E-state index in [4.69, 9.17) is 4.74 Å². The molecule has 1 aliphatic carbocycles. The number of benzene rings is 1. The molecule has 0 unspecified atom stereocenters. The Morgan fingerprint density at radius 1 is 1.21 bits per heavy atom. The number of carbonyl (C=O) groups is 1. The molecule has 1 fully saturated rings. The van der Waals surface area contributed by atoms with E-state index in [-0.39, 0.29) is 16.6 Å². The van der Waals surface area contributed by atoms with Crippen LogP contribution in [0.2, 0.25) is 0 Å². The van der Waals surface area contributed by atoms with Gasteiger partial charge in [0.25, 0.3) is 15.9 Å². The van der Waals surface area contributed by atoms with Gasteiger partial charge in [-0.25, -0.2) is 0 Å². The number of rotatable bonds is 7. The van der Waals surface area contributed by atoms with E-state index in [1.165, 1.54) is 6.20 Å². The Bertz CT molecular complexity index is 900. The molecule has 0 radical (unpaired) electrons. The molecule has 152 valence electrons. The van der Waals surface area contributed by atoms with E-state index in [2.05, 4.69) is 27.2 Å². The summed E-state index contributed by atoms with van der Waals surface area (Å²) in [6.45, 7) is 4.60. The third-order valence-corrected chi connectivity index (χ3v) is 6.24. The molecule has 2 aromatic rings. The van der Waals surface area contributed by atoms with Crippen LogP contribution in [0.3, 0.4) is 0 Å². The number of nitrogens with zero attached hydrogens (tertiary/aromatic N) is 1. The first-order chi connectivity index (χ1) is 13.4. The highest BCUT2D eigenvalue weighted by Gasteiger charge is 2.27. The molecular weight excluding hydrogens is 380 g/mol. The topological polar surface area (TPSA) is 113 Å². The van der Waals surface area contributed by atoms with E-state index in [0.29, 0.717) is 24.0 Å². The van der Waals surface area contributed by atoms with Crippen LogP contribution in [-0.2, 0) is 10.0 Å². The molecule has 1 heterocycles. The third-order valence-electron chi connectivity index (χ3n) is 4.89. The van der Waals surface area contributed by atoms with Crippen molar-refractivity contribution in [1.82, 2.24) is 15.5 Å². The number of sulfonamides is 1. The number of aromatic nitrogens is 2. The van der Waals surface area contributed by atoms with Crippen molar-refractivity contribution in [2.24, 2.45) is 5.92 Å². The van der Waals surface area contributed by atoms with Crippen molar-refractivity contribution in [2.45, 2.75) is 50.6 Å². The zero-order valence-corrected chi connectivity index (χ0v) is 16.9. The maximum atomic E-state index is 12.7. The predicted molar refractivity (Wildman–Crippen MR) is 106 cm³/mol. The monoisotopic (exact) mass is 406 g/mol. The van der Waals surface area contributed by atoms with Gasteiger partial charge in [0.05, 0.1) is 18.4 Å². The number of hydrogen-bond donors (Lipinski definition) is 3. The summed E-state index contributed by atoms with van der Waals surface area (Å²) in [5.41, 5.74) is 0.378. The van der Waals surface area contributed by atoms with Gasteiger partial charge in [0.15, 0.2) is 5.03 Å². The molecule has 1 saturated carbocycles. The molecule has 8 nitrogen and oxygen atoms in total. The second-order valence-electron chi connectivity index (χ2n) is 7.11. The SMILES string of the molecule is CCOc1ccc(NS(=O)(=O)c2[nH]ncc2C(=O)NC2CCC(C)CC2)cc1. The highest BCUT2D eigenvalue weighted by atomic mass is 32.2. The van der Waals surface area contributed by atoms with Crippen molar-refractivity contribution >= 4 is 21.6 Å². The second kappa shape index (κ2) is 8.64. The normalized spacial score (nSPS) is 19.8. The summed E-state index contributed by atoms with van der Waals surface area (Å²) < 4.78 is 33.3. The molecule has 1 amide bonds. The van der Waals surface area contributed by atoms with E-state index < -0.39 is 15.9 Å². The van der Waals surface area contributed by atoms with Gasteiger partial charge in [0.1, 0.15) is 5.75 Å². The minimum Gasteiger partial charge on any atom is -0.494 e. The van der Waals surface area contributed by atoms with Crippen LogP contribution in [0.1, 0.15) is 49.9 Å². The molecular formula is C19H26N4O4S. The Labute approximate surface area is 165 Å². The average molecular weight is 407 g/mol. The van der Waals surface area contributed by atoms with E-state index in [1.54, 1.807) is 24.3 Å². The fourth-order valence-electron chi connectivity index (χ4n) is 3.30. The van der Waals surface area contributed by atoms with Crippen molar-refractivity contribution in [1.29, 1.82) is 0 Å². The average Bonchev–Trinajstić information content (AvgIpc) is 3.16. The van der Waals surface area contributed by atoms with Crippen LogP contribution in [0, 0.1) is 5.92 Å². The Morgan fingerprint density at radius 3 is 2.54 bits per heavy atom.